The Bertz CT molecular complexity index is 2630. The van der Waals surface area contributed by atoms with Crippen LogP contribution in [0.4, 0.5) is 26.3 Å². The van der Waals surface area contributed by atoms with Crippen LogP contribution in [-0.2, 0) is 15.5 Å². The van der Waals surface area contributed by atoms with Crippen LogP contribution in [0.15, 0.2) is 138 Å². The third kappa shape index (κ3) is 9.90. The summed E-state index contributed by atoms with van der Waals surface area (Å²) in [5, 5.41) is 0. The maximum atomic E-state index is 14.5. The van der Waals surface area contributed by atoms with Crippen LogP contribution < -0.4 is 70.3 Å². The molecule has 0 amide bonds. The Morgan fingerprint density at radius 2 is 1.03 bits per heavy atom. The van der Waals surface area contributed by atoms with E-state index in [0.717, 1.165) is 48.0 Å². The van der Waals surface area contributed by atoms with E-state index in [1.54, 1.807) is 25.1 Å². The number of halogens is 6. The van der Waals surface area contributed by atoms with Gasteiger partial charge in [0.25, 0.3) is 0 Å². The van der Waals surface area contributed by atoms with E-state index in [9.17, 15) is 44.1 Å². The van der Waals surface area contributed by atoms with Crippen molar-refractivity contribution in [1.29, 1.82) is 0 Å². The first-order valence-corrected chi connectivity index (χ1v) is 18.6. The summed E-state index contributed by atoms with van der Waals surface area (Å²) in [5.74, 6) is 2.34. The monoisotopic (exact) mass is 870 g/mol. The second-order valence-corrected chi connectivity index (χ2v) is 14.3. The number of terminal acetylenes is 1. The molecule has 0 aliphatic rings. The normalized spacial score (nSPS) is 11.8. The molecule has 6 aromatic carbocycles. The fourth-order valence-electron chi connectivity index (χ4n) is 6.23. The summed E-state index contributed by atoms with van der Waals surface area (Å²) in [6.45, 7) is 1.80. The summed E-state index contributed by atoms with van der Waals surface area (Å²) in [5.41, 5.74) is -4.76. The first-order chi connectivity index (χ1) is 27.8. The van der Waals surface area contributed by atoms with E-state index < -0.39 is 49.7 Å². The topological polar surface area (TPSA) is 111 Å². The van der Waals surface area contributed by atoms with Gasteiger partial charge in [-0.1, -0.05) is 30.2 Å². The Hall–Kier alpha value is -5.12. The molecule has 0 heterocycles. The van der Waals surface area contributed by atoms with E-state index >= 15 is 0 Å². The zero-order valence-electron chi connectivity index (χ0n) is 31.7. The molecular formula is C44H29F6KO8S. The maximum absolute atomic E-state index is 14.5. The molecular weight excluding hydrogens is 842 g/mol. The third-order valence-electron chi connectivity index (χ3n) is 9.00. The van der Waals surface area contributed by atoms with Gasteiger partial charge in [0.15, 0.2) is 5.78 Å². The molecule has 0 saturated heterocycles. The molecule has 6 aromatic rings. The molecule has 16 heteroatoms. The quantitative estimate of drug-likeness (QED) is 0.0402. The van der Waals surface area contributed by atoms with Gasteiger partial charge in [0.05, 0.1) is 7.11 Å². The molecule has 0 fully saturated rings. The second-order valence-electron chi connectivity index (χ2n) is 12.9. The van der Waals surface area contributed by atoms with Crippen molar-refractivity contribution >= 4 is 15.9 Å². The van der Waals surface area contributed by atoms with Crippen LogP contribution >= 0.6 is 0 Å². The van der Waals surface area contributed by atoms with Gasteiger partial charge in [-0.05, 0) is 127 Å². The average molecular weight is 871 g/mol. The van der Waals surface area contributed by atoms with Crippen molar-refractivity contribution in [3.63, 3.8) is 0 Å². The van der Waals surface area contributed by atoms with Crippen molar-refractivity contribution in [3.8, 4) is 52.6 Å². The number of ketones is 1. The van der Waals surface area contributed by atoms with Gasteiger partial charge in [-0.2, -0.15) is 26.3 Å². The minimum Gasteiger partial charge on any atom is -0.744 e. The summed E-state index contributed by atoms with van der Waals surface area (Å²) in [6.07, 6.45) is -6.08. The van der Waals surface area contributed by atoms with Gasteiger partial charge in [0.1, 0.15) is 55.3 Å². The maximum Gasteiger partial charge on any atom is 1.00 e. The average Bonchev–Trinajstić information content (AvgIpc) is 3.18. The molecule has 8 nitrogen and oxygen atoms in total. The second kappa shape index (κ2) is 18.2. The van der Waals surface area contributed by atoms with E-state index in [2.05, 4.69) is 5.92 Å². The Labute approximate surface area is 383 Å². The summed E-state index contributed by atoms with van der Waals surface area (Å²) in [6, 6.07) is 26.6. The number of aryl methyl sites for hydroxylation is 1. The molecule has 0 aliphatic heterocycles. The molecule has 0 aromatic heterocycles. The van der Waals surface area contributed by atoms with Gasteiger partial charge in [0, 0.05) is 22.8 Å². The van der Waals surface area contributed by atoms with Crippen LogP contribution in [0.1, 0.15) is 38.2 Å². The van der Waals surface area contributed by atoms with Crippen molar-refractivity contribution < 1.29 is 114 Å². The molecule has 0 atom stereocenters. The number of hydrogen-bond acceptors (Lipinski definition) is 8. The SMILES string of the molecule is C#Cc1cc(C)cc(Oc2ccc(Oc3ccc(C(=O)c4ccc(Oc5ccc(C(c6ccc(OC)cc6)(C(F)(F)F)C(F)(F)F)cc5)cc4)cc3)c(S(=O)(=O)[O-])c2)c1.[K+]. The number of methoxy groups -OCH3 is 1. The molecule has 60 heavy (non-hydrogen) atoms. The van der Waals surface area contributed by atoms with Crippen LogP contribution in [0.5, 0.6) is 40.2 Å². The number of rotatable bonds is 12. The van der Waals surface area contributed by atoms with Crippen LogP contribution in [0.25, 0.3) is 0 Å². The number of alkyl halides is 6. The Balaban J connectivity index is 0.00000683. The summed E-state index contributed by atoms with van der Waals surface area (Å²) in [4.78, 5) is 12.6. The van der Waals surface area contributed by atoms with E-state index in [0.29, 0.717) is 23.4 Å². The molecule has 0 bridgehead atoms. The predicted octanol–water partition coefficient (Wildman–Crippen LogP) is 7.91. The van der Waals surface area contributed by atoms with Gasteiger partial charge >= 0.3 is 63.7 Å². The van der Waals surface area contributed by atoms with Gasteiger partial charge in [0.2, 0.25) is 5.41 Å². The molecule has 302 valence electrons. The van der Waals surface area contributed by atoms with Crippen molar-refractivity contribution in [2.24, 2.45) is 0 Å². The first kappa shape index (κ1) is 46.0. The van der Waals surface area contributed by atoms with E-state index in [-0.39, 0.29) is 97.0 Å². The van der Waals surface area contributed by atoms with E-state index in [1.165, 1.54) is 67.8 Å². The summed E-state index contributed by atoms with van der Waals surface area (Å²) in [7, 11) is -3.81. The number of carbonyl (C=O) groups is 1. The minimum atomic E-state index is -5.78. The smallest absolute Gasteiger partial charge is 0.744 e. The van der Waals surface area contributed by atoms with Crippen molar-refractivity contribution in [1.82, 2.24) is 0 Å². The van der Waals surface area contributed by atoms with Gasteiger partial charge < -0.3 is 23.5 Å². The molecule has 0 saturated carbocycles. The number of ether oxygens (including phenoxy) is 4. The van der Waals surface area contributed by atoms with Crippen molar-refractivity contribution in [3.05, 3.63) is 167 Å². The number of hydrogen-bond donors (Lipinski definition) is 0. The van der Waals surface area contributed by atoms with E-state index in [4.69, 9.17) is 25.4 Å². The minimum absolute atomic E-state index is 0. The fraction of sp³-hybridized carbons (Fsp3) is 0.114. The van der Waals surface area contributed by atoms with Crippen molar-refractivity contribution in [2.45, 2.75) is 29.6 Å². The zero-order chi connectivity index (χ0) is 42.8. The van der Waals surface area contributed by atoms with Crippen molar-refractivity contribution in [2.75, 3.05) is 7.11 Å². The molecule has 0 spiro atoms. The summed E-state index contributed by atoms with van der Waals surface area (Å²) < 4.78 is 145. The largest absolute Gasteiger partial charge is 1.00 e. The van der Waals surface area contributed by atoms with Gasteiger partial charge in [-0.3, -0.25) is 4.79 Å². The molecule has 0 unspecified atom stereocenters. The van der Waals surface area contributed by atoms with Gasteiger partial charge in [-0.25, -0.2) is 8.42 Å². The third-order valence-corrected chi connectivity index (χ3v) is 9.85. The zero-order valence-corrected chi connectivity index (χ0v) is 35.7. The molecule has 0 radical (unpaired) electrons. The molecule has 6 rings (SSSR count). The Kier molecular flexibility index (Phi) is 14.0. The van der Waals surface area contributed by atoms with Crippen LogP contribution in [0.3, 0.4) is 0 Å². The molecule has 0 N–H and O–H groups in total. The number of benzene rings is 6. The van der Waals surface area contributed by atoms with E-state index in [1.807, 2.05) is 0 Å². The van der Waals surface area contributed by atoms with Gasteiger partial charge in [-0.15, -0.1) is 6.42 Å². The van der Waals surface area contributed by atoms with Crippen LogP contribution in [-0.4, -0.2) is 38.2 Å². The molecule has 0 aliphatic carbocycles. The standard InChI is InChI=1S/C44H30F6O8S.K/c1-4-28-23-27(2)24-38(25-28)57-37-21-22-39(40(26-37)59(52,53)54)58-36-15-7-30(8-16-36)41(51)29-5-13-34(14-6-29)56-35-19-11-32(12-20-35)42(43(45,46)47,44(48,49)50)31-9-17-33(55-3)18-10-31;/h1,5-26H,2-3H3,(H,52,53,54);/q;+1/p-1. The first-order valence-electron chi connectivity index (χ1n) is 17.2. The Morgan fingerprint density at radius 1 is 0.600 bits per heavy atom. The summed E-state index contributed by atoms with van der Waals surface area (Å²) >= 11 is 0. The number of carbonyl (C=O) groups excluding carboxylic acids is 1. The van der Waals surface area contributed by atoms with Crippen LogP contribution in [0.2, 0.25) is 0 Å². The Morgan fingerprint density at radius 3 is 1.48 bits per heavy atom. The predicted molar refractivity (Wildman–Crippen MR) is 202 cm³/mol. The fourth-order valence-corrected chi connectivity index (χ4v) is 6.85. The van der Waals surface area contributed by atoms with Crippen LogP contribution in [0, 0.1) is 19.3 Å².